The quantitative estimate of drug-likeness (QED) is 0.889. The Morgan fingerprint density at radius 3 is 2.83 bits per heavy atom. The summed E-state index contributed by atoms with van der Waals surface area (Å²) in [6.07, 6.45) is 7.22. The number of rotatable bonds is 5. The van der Waals surface area contributed by atoms with Crippen molar-refractivity contribution in [3.63, 3.8) is 0 Å². The highest BCUT2D eigenvalue weighted by Gasteiger charge is 2.27. The second-order valence-electron chi connectivity index (χ2n) is 6.89. The van der Waals surface area contributed by atoms with Crippen LogP contribution in [-0.2, 0) is 27.4 Å². The number of hydrogen-bond donors (Lipinski definition) is 1. The van der Waals surface area contributed by atoms with Crippen LogP contribution in [0.3, 0.4) is 0 Å². The monoisotopic (exact) mass is 333 g/mol. The summed E-state index contributed by atoms with van der Waals surface area (Å²) in [6, 6.07) is 4.04. The molecular formula is C18H27N3O3. The van der Waals surface area contributed by atoms with E-state index in [1.165, 1.54) is 12.8 Å². The van der Waals surface area contributed by atoms with Gasteiger partial charge in [-0.3, -0.25) is 9.59 Å². The van der Waals surface area contributed by atoms with Crippen molar-refractivity contribution in [2.24, 2.45) is 5.92 Å². The van der Waals surface area contributed by atoms with Crippen LogP contribution in [0.1, 0.15) is 37.8 Å². The molecule has 132 valence electrons. The summed E-state index contributed by atoms with van der Waals surface area (Å²) < 4.78 is 7.94. The first kappa shape index (κ1) is 17.0. The lowest BCUT2D eigenvalue weighted by Gasteiger charge is -2.24. The molecular weight excluding hydrogens is 306 g/mol. The van der Waals surface area contributed by atoms with Crippen molar-refractivity contribution >= 4 is 11.8 Å². The molecule has 0 unspecified atom stereocenters. The van der Waals surface area contributed by atoms with E-state index < -0.39 is 0 Å². The molecule has 6 heteroatoms. The molecule has 1 aromatic rings. The molecule has 1 aromatic heterocycles. The maximum atomic E-state index is 12.6. The lowest BCUT2D eigenvalue weighted by atomic mass is 10.0. The van der Waals surface area contributed by atoms with Crippen LogP contribution >= 0.6 is 0 Å². The van der Waals surface area contributed by atoms with Gasteiger partial charge in [0, 0.05) is 44.4 Å². The van der Waals surface area contributed by atoms with Crippen LogP contribution in [0.5, 0.6) is 0 Å². The Bertz CT molecular complexity index is 578. The highest BCUT2D eigenvalue weighted by molar-refractivity contribution is 5.78. The van der Waals surface area contributed by atoms with Crippen LogP contribution in [0.25, 0.3) is 0 Å². The summed E-state index contributed by atoms with van der Waals surface area (Å²) in [5, 5.41) is 2.68. The number of nitrogens with zero attached hydrogens (tertiary/aromatic N) is 2. The minimum absolute atomic E-state index is 0.0187. The number of aromatic nitrogens is 1. The Morgan fingerprint density at radius 2 is 2.08 bits per heavy atom. The molecule has 2 aliphatic rings. The van der Waals surface area contributed by atoms with Gasteiger partial charge in [0.1, 0.15) is 6.61 Å². The third-order valence-corrected chi connectivity index (χ3v) is 5.06. The summed E-state index contributed by atoms with van der Waals surface area (Å²) in [6.45, 7) is 2.10. The van der Waals surface area contributed by atoms with Crippen molar-refractivity contribution in [3.05, 3.63) is 24.0 Å². The van der Waals surface area contributed by atoms with Gasteiger partial charge in [0.05, 0.1) is 12.6 Å². The molecule has 2 amide bonds. The van der Waals surface area contributed by atoms with Crippen molar-refractivity contribution in [3.8, 4) is 0 Å². The molecule has 1 saturated carbocycles. The van der Waals surface area contributed by atoms with Gasteiger partial charge in [-0.2, -0.15) is 0 Å². The van der Waals surface area contributed by atoms with E-state index in [1.807, 2.05) is 23.2 Å². The predicted molar refractivity (Wildman–Crippen MR) is 90.2 cm³/mol. The van der Waals surface area contributed by atoms with Crippen LogP contribution in [0, 0.1) is 5.92 Å². The van der Waals surface area contributed by atoms with Crippen molar-refractivity contribution in [1.29, 1.82) is 0 Å². The zero-order chi connectivity index (χ0) is 16.9. The third-order valence-electron chi connectivity index (χ3n) is 5.06. The zero-order valence-corrected chi connectivity index (χ0v) is 14.4. The van der Waals surface area contributed by atoms with Gasteiger partial charge < -0.3 is 19.5 Å². The summed E-state index contributed by atoms with van der Waals surface area (Å²) >= 11 is 0. The summed E-state index contributed by atoms with van der Waals surface area (Å²) in [5.41, 5.74) is 1.11. The van der Waals surface area contributed by atoms with E-state index in [-0.39, 0.29) is 30.4 Å². The van der Waals surface area contributed by atoms with E-state index in [0.717, 1.165) is 25.1 Å². The average molecular weight is 333 g/mol. The molecule has 0 bridgehead atoms. The van der Waals surface area contributed by atoms with E-state index in [9.17, 15) is 9.59 Å². The average Bonchev–Trinajstić information content (AvgIpc) is 3.21. The maximum Gasteiger partial charge on any atom is 0.248 e. The number of fused-ring (bicyclic) bond motifs is 1. The molecule has 0 spiro atoms. The van der Waals surface area contributed by atoms with Crippen molar-refractivity contribution in [2.75, 3.05) is 20.2 Å². The number of amides is 2. The number of hydrogen-bond acceptors (Lipinski definition) is 3. The van der Waals surface area contributed by atoms with Crippen LogP contribution in [0.4, 0.5) is 0 Å². The Kier molecular flexibility index (Phi) is 5.56. The Morgan fingerprint density at radius 1 is 1.29 bits per heavy atom. The van der Waals surface area contributed by atoms with Gasteiger partial charge in [0.25, 0.3) is 0 Å². The second kappa shape index (κ2) is 7.83. The van der Waals surface area contributed by atoms with Gasteiger partial charge >= 0.3 is 0 Å². The lowest BCUT2D eigenvalue weighted by molar-refractivity contribution is -0.139. The molecule has 2 heterocycles. The van der Waals surface area contributed by atoms with Gasteiger partial charge in [0.15, 0.2) is 0 Å². The standard InChI is InChI=1S/C18H27N3O3/c1-19-17(22)9-14-10-20-8-4-5-15(20)12-21(11-14)18(23)13-24-16-6-2-3-7-16/h4-5,8,14,16H,2-3,6-7,9-13H2,1H3,(H,19,22)/t14-/m0/s1. The number of carbonyl (C=O) groups is 2. The van der Waals surface area contributed by atoms with Crippen molar-refractivity contribution in [2.45, 2.75) is 51.3 Å². The van der Waals surface area contributed by atoms with Gasteiger partial charge in [-0.25, -0.2) is 0 Å². The van der Waals surface area contributed by atoms with Gasteiger partial charge in [0.2, 0.25) is 11.8 Å². The van der Waals surface area contributed by atoms with E-state index >= 15 is 0 Å². The fourth-order valence-corrected chi connectivity index (χ4v) is 3.70. The number of ether oxygens (including phenoxy) is 1. The highest BCUT2D eigenvalue weighted by Crippen LogP contribution is 2.22. The Hall–Kier alpha value is -1.82. The summed E-state index contributed by atoms with van der Waals surface area (Å²) in [5.74, 6) is 0.165. The number of nitrogens with one attached hydrogen (secondary N) is 1. The second-order valence-corrected chi connectivity index (χ2v) is 6.89. The van der Waals surface area contributed by atoms with Gasteiger partial charge in [-0.1, -0.05) is 12.8 Å². The topological polar surface area (TPSA) is 63.6 Å². The molecule has 1 fully saturated rings. The Balaban J connectivity index is 1.64. The van der Waals surface area contributed by atoms with Crippen LogP contribution in [0.15, 0.2) is 18.3 Å². The van der Waals surface area contributed by atoms with Gasteiger partial charge in [-0.15, -0.1) is 0 Å². The predicted octanol–water partition coefficient (Wildman–Crippen LogP) is 1.54. The largest absolute Gasteiger partial charge is 0.368 e. The maximum absolute atomic E-state index is 12.6. The molecule has 1 atom stereocenters. The molecule has 1 N–H and O–H groups in total. The lowest BCUT2D eigenvalue weighted by Crippen LogP contribution is -2.38. The fourth-order valence-electron chi connectivity index (χ4n) is 3.70. The first-order valence-electron chi connectivity index (χ1n) is 8.89. The van der Waals surface area contributed by atoms with Crippen molar-refractivity contribution < 1.29 is 14.3 Å². The molecule has 1 aliphatic carbocycles. The van der Waals surface area contributed by atoms with Crippen LogP contribution < -0.4 is 5.32 Å². The highest BCUT2D eigenvalue weighted by atomic mass is 16.5. The molecule has 24 heavy (non-hydrogen) atoms. The SMILES string of the molecule is CNC(=O)C[C@@H]1CN(C(=O)COC2CCCC2)Cc2cccn2C1. The summed E-state index contributed by atoms with van der Waals surface area (Å²) in [7, 11) is 1.65. The van der Waals surface area contributed by atoms with Gasteiger partial charge in [-0.05, 0) is 25.0 Å². The molecule has 0 aromatic carbocycles. The molecule has 3 rings (SSSR count). The van der Waals surface area contributed by atoms with E-state index in [0.29, 0.717) is 19.5 Å². The summed E-state index contributed by atoms with van der Waals surface area (Å²) in [4.78, 5) is 26.3. The third kappa shape index (κ3) is 4.17. The van der Waals surface area contributed by atoms with E-state index in [4.69, 9.17) is 4.74 Å². The molecule has 1 aliphatic heterocycles. The first-order chi connectivity index (χ1) is 11.7. The fraction of sp³-hybridized carbons (Fsp3) is 0.667. The van der Waals surface area contributed by atoms with Crippen LogP contribution in [0.2, 0.25) is 0 Å². The minimum Gasteiger partial charge on any atom is -0.368 e. The zero-order valence-electron chi connectivity index (χ0n) is 14.4. The minimum atomic E-state index is 0.0187. The Labute approximate surface area is 143 Å². The molecule has 6 nitrogen and oxygen atoms in total. The van der Waals surface area contributed by atoms with E-state index in [2.05, 4.69) is 9.88 Å². The number of carbonyl (C=O) groups excluding carboxylic acids is 2. The smallest absolute Gasteiger partial charge is 0.248 e. The van der Waals surface area contributed by atoms with Crippen molar-refractivity contribution in [1.82, 2.24) is 14.8 Å². The molecule has 0 radical (unpaired) electrons. The first-order valence-corrected chi connectivity index (χ1v) is 8.89. The molecule has 0 saturated heterocycles. The van der Waals surface area contributed by atoms with Crippen LogP contribution in [-0.4, -0.2) is 47.6 Å². The van der Waals surface area contributed by atoms with E-state index in [1.54, 1.807) is 7.05 Å². The normalized spacial score (nSPS) is 21.4.